The Labute approximate surface area is 133 Å². The van der Waals surface area contributed by atoms with Crippen LogP contribution < -0.4 is 5.56 Å². The highest BCUT2D eigenvalue weighted by atomic mass is 19.4. The highest BCUT2D eigenvalue weighted by Gasteiger charge is 2.38. The number of nitrogens with zero attached hydrogens (tertiary/aromatic N) is 1. The normalized spacial score (nSPS) is 10.7. The third kappa shape index (κ3) is 5.63. The number of benzene rings is 1. The van der Waals surface area contributed by atoms with Crippen LogP contribution >= 0.6 is 0 Å². The van der Waals surface area contributed by atoms with Crippen molar-refractivity contribution in [2.45, 2.75) is 19.5 Å². The van der Waals surface area contributed by atoms with E-state index in [0.717, 1.165) is 5.56 Å². The molecule has 0 aliphatic rings. The van der Waals surface area contributed by atoms with Crippen molar-refractivity contribution in [3.63, 3.8) is 0 Å². The average Bonchev–Trinajstić information content (AvgIpc) is 2.47. The van der Waals surface area contributed by atoms with E-state index >= 15 is 0 Å². The minimum atomic E-state index is -5.08. The highest BCUT2D eigenvalue weighted by molar-refractivity contribution is 5.73. The number of hydrogen-bond acceptors (Lipinski definition) is 5. The summed E-state index contributed by atoms with van der Waals surface area (Å²) in [5.41, 5.74) is 0.750. The molecule has 2 aromatic rings. The van der Waals surface area contributed by atoms with Crippen molar-refractivity contribution in [3.05, 3.63) is 51.6 Å². The van der Waals surface area contributed by atoms with E-state index in [4.69, 9.17) is 15.0 Å². The molecule has 0 saturated carbocycles. The Hall–Kier alpha value is -3.04. The second-order valence-electron chi connectivity index (χ2n) is 4.61. The number of aromatic nitrogens is 2. The van der Waals surface area contributed by atoms with Gasteiger partial charge in [0.15, 0.2) is 0 Å². The number of carboxylic acids is 1. The van der Waals surface area contributed by atoms with Crippen molar-refractivity contribution in [2.24, 2.45) is 0 Å². The molecule has 24 heavy (non-hydrogen) atoms. The zero-order valence-electron chi connectivity index (χ0n) is 12.3. The number of rotatable bonds is 2. The van der Waals surface area contributed by atoms with Crippen LogP contribution in [-0.2, 0) is 11.2 Å². The number of carboxylic acid groups (broad SMARTS) is 1. The molecule has 2 rings (SSSR count). The molecule has 1 aromatic carbocycles. The number of aliphatic carboxylic acids is 1. The largest absolute Gasteiger partial charge is 0.508 e. The Kier molecular flexibility index (Phi) is 5.93. The third-order valence-electron chi connectivity index (χ3n) is 2.73. The lowest BCUT2D eigenvalue weighted by atomic mass is 10.1. The molecular weight excluding hydrogens is 333 g/mol. The maximum Gasteiger partial charge on any atom is 0.490 e. The minimum absolute atomic E-state index is 0.182. The van der Waals surface area contributed by atoms with E-state index in [-0.39, 0.29) is 22.8 Å². The minimum Gasteiger partial charge on any atom is -0.508 e. The van der Waals surface area contributed by atoms with Gasteiger partial charge in [0.25, 0.3) is 5.56 Å². The molecule has 1 heterocycles. The van der Waals surface area contributed by atoms with Gasteiger partial charge in [-0.05, 0) is 24.6 Å². The molecule has 0 aliphatic heterocycles. The Morgan fingerprint density at radius 2 is 1.71 bits per heavy atom. The SMILES string of the molecule is Cc1c(O)nc(Cc2ccc(O)cc2)[nH]c1=O.O=C(O)C(F)(F)F. The van der Waals surface area contributed by atoms with E-state index in [1.165, 1.54) is 6.92 Å². The molecular formula is C14H13F3N2O5. The second kappa shape index (κ2) is 7.49. The summed E-state index contributed by atoms with van der Waals surface area (Å²) in [7, 11) is 0. The summed E-state index contributed by atoms with van der Waals surface area (Å²) in [6, 6.07) is 6.57. The molecule has 0 saturated heterocycles. The van der Waals surface area contributed by atoms with Gasteiger partial charge in [0, 0.05) is 6.42 Å². The van der Waals surface area contributed by atoms with Gasteiger partial charge in [-0.25, -0.2) is 4.79 Å². The maximum atomic E-state index is 11.4. The number of carbonyl (C=O) groups is 1. The van der Waals surface area contributed by atoms with Crippen LogP contribution in [0.2, 0.25) is 0 Å². The fourth-order valence-corrected chi connectivity index (χ4v) is 1.46. The standard InChI is InChI=1S/C12H12N2O3.C2HF3O2/c1-7-11(16)13-10(14-12(7)17)6-8-2-4-9(15)5-3-8;3-2(4,5)1(6)7/h2-5,15H,6H2,1H3,(H2,13,14,16,17);(H,6,7). The fraction of sp³-hybridized carbons (Fsp3) is 0.214. The van der Waals surface area contributed by atoms with Crippen molar-refractivity contribution >= 4 is 5.97 Å². The topological polar surface area (TPSA) is 124 Å². The molecule has 10 heteroatoms. The van der Waals surface area contributed by atoms with Gasteiger partial charge < -0.3 is 20.3 Å². The summed E-state index contributed by atoms with van der Waals surface area (Å²) < 4.78 is 31.7. The smallest absolute Gasteiger partial charge is 0.490 e. The predicted octanol–water partition coefficient (Wildman–Crippen LogP) is 1.71. The first-order chi connectivity index (χ1) is 11.0. The Balaban J connectivity index is 0.000000351. The number of alkyl halides is 3. The van der Waals surface area contributed by atoms with E-state index in [1.54, 1.807) is 24.3 Å². The highest BCUT2D eigenvalue weighted by Crippen LogP contribution is 2.14. The molecule has 0 atom stereocenters. The lowest BCUT2D eigenvalue weighted by molar-refractivity contribution is -0.192. The van der Waals surface area contributed by atoms with Crippen LogP contribution in [0, 0.1) is 6.92 Å². The third-order valence-corrected chi connectivity index (χ3v) is 2.73. The molecule has 130 valence electrons. The quantitative estimate of drug-likeness (QED) is 0.656. The Morgan fingerprint density at radius 3 is 2.12 bits per heavy atom. The fourth-order valence-electron chi connectivity index (χ4n) is 1.46. The first-order valence-corrected chi connectivity index (χ1v) is 6.37. The van der Waals surface area contributed by atoms with Gasteiger partial charge in [0.1, 0.15) is 11.6 Å². The van der Waals surface area contributed by atoms with Crippen LogP contribution in [0.1, 0.15) is 17.0 Å². The van der Waals surface area contributed by atoms with Crippen LogP contribution in [0.3, 0.4) is 0 Å². The van der Waals surface area contributed by atoms with Crippen LogP contribution in [0.4, 0.5) is 13.2 Å². The van der Waals surface area contributed by atoms with Crippen LogP contribution in [0.25, 0.3) is 0 Å². The zero-order chi connectivity index (χ0) is 18.5. The van der Waals surface area contributed by atoms with E-state index in [9.17, 15) is 23.1 Å². The molecule has 0 bridgehead atoms. The summed E-state index contributed by atoms with van der Waals surface area (Å²) in [6.07, 6.45) is -4.69. The molecule has 0 aliphatic carbocycles. The van der Waals surface area contributed by atoms with Crippen LogP contribution in [0.5, 0.6) is 11.6 Å². The number of hydrogen-bond donors (Lipinski definition) is 4. The number of phenolic OH excluding ortho intramolecular Hbond substituents is 1. The first kappa shape index (κ1) is 19.0. The number of phenols is 1. The van der Waals surface area contributed by atoms with Gasteiger partial charge in [-0.2, -0.15) is 18.2 Å². The number of aromatic amines is 1. The van der Waals surface area contributed by atoms with Gasteiger partial charge in [0.05, 0.1) is 5.56 Å². The monoisotopic (exact) mass is 346 g/mol. The second-order valence-corrected chi connectivity index (χ2v) is 4.61. The van der Waals surface area contributed by atoms with E-state index in [0.29, 0.717) is 12.2 Å². The molecule has 0 radical (unpaired) electrons. The van der Waals surface area contributed by atoms with E-state index in [1.807, 2.05) is 0 Å². The number of aromatic hydroxyl groups is 2. The summed E-state index contributed by atoms with van der Waals surface area (Å²) >= 11 is 0. The van der Waals surface area contributed by atoms with Gasteiger partial charge in [-0.15, -0.1) is 0 Å². The van der Waals surface area contributed by atoms with Crippen LogP contribution in [0.15, 0.2) is 29.1 Å². The van der Waals surface area contributed by atoms with Crippen molar-refractivity contribution in [2.75, 3.05) is 0 Å². The number of H-pyrrole nitrogens is 1. The zero-order valence-corrected chi connectivity index (χ0v) is 12.3. The van der Waals surface area contributed by atoms with Crippen molar-refractivity contribution in [1.29, 1.82) is 0 Å². The summed E-state index contributed by atoms with van der Waals surface area (Å²) in [4.78, 5) is 26.8. The molecule has 0 amide bonds. The van der Waals surface area contributed by atoms with Crippen molar-refractivity contribution < 1.29 is 33.3 Å². The Morgan fingerprint density at radius 1 is 1.21 bits per heavy atom. The lowest BCUT2D eigenvalue weighted by Crippen LogP contribution is -2.21. The Bertz CT molecular complexity index is 769. The van der Waals surface area contributed by atoms with Gasteiger partial charge >= 0.3 is 12.1 Å². The van der Waals surface area contributed by atoms with Crippen molar-refractivity contribution in [1.82, 2.24) is 9.97 Å². The molecule has 0 spiro atoms. The molecule has 1 aromatic heterocycles. The maximum absolute atomic E-state index is 11.4. The molecule has 4 N–H and O–H groups in total. The van der Waals surface area contributed by atoms with Gasteiger partial charge in [-0.1, -0.05) is 12.1 Å². The molecule has 7 nitrogen and oxygen atoms in total. The summed E-state index contributed by atoms with van der Waals surface area (Å²) in [6.45, 7) is 1.51. The van der Waals surface area contributed by atoms with Gasteiger partial charge in [0.2, 0.25) is 5.88 Å². The van der Waals surface area contributed by atoms with E-state index < -0.39 is 12.1 Å². The summed E-state index contributed by atoms with van der Waals surface area (Å²) in [5, 5.41) is 25.7. The molecule has 0 unspecified atom stereocenters. The first-order valence-electron chi connectivity index (χ1n) is 6.37. The van der Waals surface area contributed by atoms with Crippen molar-refractivity contribution in [3.8, 4) is 11.6 Å². The number of nitrogens with one attached hydrogen (secondary N) is 1. The van der Waals surface area contributed by atoms with Crippen LogP contribution in [-0.4, -0.2) is 37.4 Å². The summed E-state index contributed by atoms with van der Waals surface area (Å²) in [5.74, 6) is -2.43. The number of halogens is 3. The van der Waals surface area contributed by atoms with Gasteiger partial charge in [-0.3, -0.25) is 4.79 Å². The lowest BCUT2D eigenvalue weighted by Gasteiger charge is -2.03. The predicted molar refractivity (Wildman–Crippen MR) is 75.9 cm³/mol. The van der Waals surface area contributed by atoms with E-state index in [2.05, 4.69) is 9.97 Å². The molecule has 0 fully saturated rings. The average molecular weight is 346 g/mol.